The summed E-state index contributed by atoms with van der Waals surface area (Å²) in [7, 11) is 0. The molecule has 5 heteroatoms. The van der Waals surface area contributed by atoms with Crippen LogP contribution in [0.15, 0.2) is 12.3 Å². The van der Waals surface area contributed by atoms with Crippen LogP contribution in [0.5, 0.6) is 0 Å². The first-order chi connectivity index (χ1) is 8.24. The van der Waals surface area contributed by atoms with Crippen molar-refractivity contribution in [1.29, 1.82) is 5.26 Å². The molecule has 90 valence electrons. The molecule has 1 aliphatic rings. The monoisotopic (exact) mass is 231 g/mol. The zero-order valence-corrected chi connectivity index (χ0v) is 10.0. The van der Waals surface area contributed by atoms with Crippen molar-refractivity contribution in [2.24, 2.45) is 5.73 Å². The quantitative estimate of drug-likeness (QED) is 0.823. The van der Waals surface area contributed by atoms with Crippen LogP contribution in [0.1, 0.15) is 31.7 Å². The first-order valence-corrected chi connectivity index (χ1v) is 5.98. The van der Waals surface area contributed by atoms with E-state index in [1.165, 1.54) is 6.42 Å². The van der Waals surface area contributed by atoms with Gasteiger partial charge in [-0.1, -0.05) is 0 Å². The lowest BCUT2D eigenvalue weighted by atomic mass is 9.96. The molecule has 1 aromatic rings. The second-order valence-corrected chi connectivity index (χ2v) is 4.50. The Kier molecular flexibility index (Phi) is 3.55. The van der Waals surface area contributed by atoms with Crippen LogP contribution in [0.2, 0.25) is 0 Å². The molecule has 1 saturated heterocycles. The van der Waals surface area contributed by atoms with E-state index < -0.39 is 0 Å². The molecule has 1 aromatic heterocycles. The predicted octanol–water partition coefficient (Wildman–Crippen LogP) is 1.05. The van der Waals surface area contributed by atoms with Gasteiger partial charge in [-0.25, -0.2) is 0 Å². The molecule has 2 unspecified atom stereocenters. The summed E-state index contributed by atoms with van der Waals surface area (Å²) in [5.74, 6) is 0.678. The predicted molar refractivity (Wildman–Crippen MR) is 65.4 cm³/mol. The highest BCUT2D eigenvalue weighted by Crippen LogP contribution is 2.26. The van der Waals surface area contributed by atoms with E-state index in [2.05, 4.69) is 21.2 Å². The maximum absolute atomic E-state index is 9.10. The summed E-state index contributed by atoms with van der Waals surface area (Å²) in [5, 5.41) is 17.1. The number of anilines is 1. The lowest BCUT2D eigenvalue weighted by Crippen LogP contribution is -2.50. The Morgan fingerprint density at radius 2 is 2.41 bits per heavy atom. The number of piperidine rings is 1. The normalized spacial score (nSPS) is 21.9. The Balaban J connectivity index is 2.33. The third-order valence-corrected chi connectivity index (χ3v) is 3.25. The molecule has 0 aliphatic carbocycles. The molecule has 2 heterocycles. The third-order valence-electron chi connectivity index (χ3n) is 3.25. The van der Waals surface area contributed by atoms with Gasteiger partial charge in [-0.2, -0.15) is 10.4 Å². The van der Waals surface area contributed by atoms with Gasteiger partial charge in [-0.3, -0.25) is 0 Å². The Morgan fingerprint density at radius 1 is 1.59 bits per heavy atom. The minimum Gasteiger partial charge on any atom is -0.349 e. The number of hydrogen-bond donors (Lipinski definition) is 1. The van der Waals surface area contributed by atoms with Crippen LogP contribution >= 0.6 is 0 Å². The van der Waals surface area contributed by atoms with Gasteiger partial charge in [-0.15, -0.1) is 5.10 Å². The number of nitriles is 1. The second kappa shape index (κ2) is 5.11. The molecule has 5 nitrogen and oxygen atoms in total. The molecule has 2 atom stereocenters. The first-order valence-electron chi connectivity index (χ1n) is 5.98. The van der Waals surface area contributed by atoms with Crippen molar-refractivity contribution < 1.29 is 0 Å². The number of nitrogens with zero attached hydrogens (tertiary/aromatic N) is 4. The largest absolute Gasteiger partial charge is 0.349 e. The van der Waals surface area contributed by atoms with Gasteiger partial charge in [0.05, 0.1) is 11.8 Å². The molecule has 0 saturated carbocycles. The summed E-state index contributed by atoms with van der Waals surface area (Å²) in [6, 6.07) is 4.20. The van der Waals surface area contributed by atoms with Gasteiger partial charge in [0.2, 0.25) is 0 Å². The Bertz CT molecular complexity index is 423. The lowest BCUT2D eigenvalue weighted by Gasteiger charge is -2.38. The molecule has 0 aromatic carbocycles. The van der Waals surface area contributed by atoms with E-state index >= 15 is 0 Å². The number of rotatable bonds is 2. The minimum absolute atomic E-state index is 0.0730. The SMILES string of the molecule is CC(N)C1CCCCN1c1nnccc1C#N. The van der Waals surface area contributed by atoms with Crippen LogP contribution in [0.3, 0.4) is 0 Å². The van der Waals surface area contributed by atoms with Crippen molar-refractivity contribution in [2.45, 2.75) is 38.3 Å². The fraction of sp³-hybridized carbons (Fsp3) is 0.583. The summed E-state index contributed by atoms with van der Waals surface area (Å²) < 4.78 is 0. The molecular formula is C12H17N5. The average Bonchev–Trinajstić information content (AvgIpc) is 2.38. The van der Waals surface area contributed by atoms with Crippen LogP contribution in [-0.2, 0) is 0 Å². The molecule has 2 rings (SSSR count). The Hall–Kier alpha value is -1.67. The number of hydrogen-bond acceptors (Lipinski definition) is 5. The standard InChI is InChI=1S/C12H17N5/c1-9(14)11-4-2-3-7-17(11)12-10(8-13)5-6-15-16-12/h5-6,9,11H,2-4,7,14H2,1H3. The van der Waals surface area contributed by atoms with E-state index in [0.29, 0.717) is 11.4 Å². The summed E-state index contributed by atoms with van der Waals surface area (Å²) in [6.07, 6.45) is 4.90. The molecule has 0 bridgehead atoms. The van der Waals surface area contributed by atoms with Gasteiger partial charge in [0.15, 0.2) is 5.82 Å². The van der Waals surface area contributed by atoms with E-state index in [1.54, 1.807) is 12.3 Å². The van der Waals surface area contributed by atoms with Gasteiger partial charge in [0, 0.05) is 18.6 Å². The van der Waals surface area contributed by atoms with E-state index in [4.69, 9.17) is 11.0 Å². The van der Waals surface area contributed by atoms with Gasteiger partial charge in [-0.05, 0) is 32.3 Å². The van der Waals surface area contributed by atoms with Gasteiger partial charge in [0.25, 0.3) is 0 Å². The highest BCUT2D eigenvalue weighted by Gasteiger charge is 2.28. The molecular weight excluding hydrogens is 214 g/mol. The highest BCUT2D eigenvalue weighted by molar-refractivity contribution is 5.53. The van der Waals surface area contributed by atoms with Crippen molar-refractivity contribution in [3.8, 4) is 6.07 Å². The molecule has 2 N–H and O–H groups in total. The topological polar surface area (TPSA) is 78.8 Å². The fourth-order valence-electron chi connectivity index (χ4n) is 2.39. The Morgan fingerprint density at radius 3 is 3.12 bits per heavy atom. The molecule has 1 fully saturated rings. The summed E-state index contributed by atoms with van der Waals surface area (Å²) in [4.78, 5) is 2.14. The van der Waals surface area contributed by atoms with Crippen molar-refractivity contribution in [1.82, 2.24) is 10.2 Å². The molecule has 0 radical (unpaired) electrons. The molecule has 1 aliphatic heterocycles. The van der Waals surface area contributed by atoms with Crippen LogP contribution in [0, 0.1) is 11.3 Å². The van der Waals surface area contributed by atoms with Gasteiger partial charge >= 0.3 is 0 Å². The average molecular weight is 231 g/mol. The highest BCUT2D eigenvalue weighted by atomic mass is 15.3. The second-order valence-electron chi connectivity index (χ2n) is 4.50. The third kappa shape index (κ3) is 2.37. The summed E-state index contributed by atoms with van der Waals surface area (Å²) >= 11 is 0. The maximum atomic E-state index is 9.10. The van der Waals surface area contributed by atoms with Gasteiger partial charge in [0.1, 0.15) is 6.07 Å². The van der Waals surface area contributed by atoms with E-state index in [9.17, 15) is 0 Å². The first kappa shape index (κ1) is 11.8. The molecule has 17 heavy (non-hydrogen) atoms. The van der Waals surface area contributed by atoms with Crippen LogP contribution in [-0.4, -0.2) is 28.8 Å². The number of nitrogens with two attached hydrogens (primary N) is 1. The van der Waals surface area contributed by atoms with E-state index in [0.717, 1.165) is 19.4 Å². The van der Waals surface area contributed by atoms with Crippen molar-refractivity contribution >= 4 is 5.82 Å². The van der Waals surface area contributed by atoms with E-state index in [1.807, 2.05) is 6.92 Å². The fourth-order valence-corrected chi connectivity index (χ4v) is 2.39. The van der Waals surface area contributed by atoms with Crippen molar-refractivity contribution in [2.75, 3.05) is 11.4 Å². The summed E-state index contributed by atoms with van der Waals surface area (Å²) in [5.41, 5.74) is 6.59. The summed E-state index contributed by atoms with van der Waals surface area (Å²) in [6.45, 7) is 2.91. The zero-order chi connectivity index (χ0) is 12.3. The molecule has 0 spiro atoms. The number of aromatic nitrogens is 2. The van der Waals surface area contributed by atoms with Crippen molar-refractivity contribution in [3.63, 3.8) is 0 Å². The van der Waals surface area contributed by atoms with Crippen LogP contribution in [0.25, 0.3) is 0 Å². The zero-order valence-electron chi connectivity index (χ0n) is 10.0. The van der Waals surface area contributed by atoms with Gasteiger partial charge < -0.3 is 10.6 Å². The van der Waals surface area contributed by atoms with E-state index in [-0.39, 0.29) is 12.1 Å². The van der Waals surface area contributed by atoms with Crippen LogP contribution < -0.4 is 10.6 Å². The smallest absolute Gasteiger partial charge is 0.169 e. The lowest BCUT2D eigenvalue weighted by molar-refractivity contribution is 0.410. The van der Waals surface area contributed by atoms with Crippen molar-refractivity contribution in [3.05, 3.63) is 17.8 Å². The minimum atomic E-state index is 0.0730. The maximum Gasteiger partial charge on any atom is 0.169 e. The molecule has 0 amide bonds. The van der Waals surface area contributed by atoms with Crippen LogP contribution in [0.4, 0.5) is 5.82 Å². The Labute approximate surface area is 101 Å².